The molecule has 0 spiro atoms. The molecule has 4 aromatic carbocycles. The zero-order valence-electron chi connectivity index (χ0n) is 20.7. The SMILES string of the molecule is N#Cc1cc(F)cc(-c2cc(C(=O)NCc3ccc(C(=O)O)cc3)c3c(cnn3Cc3cc(Cl)cc(Cl)c3)c2)c1. The molecule has 0 saturated heterocycles. The number of carboxylic acid groups (broad SMARTS) is 1. The van der Waals surface area contributed by atoms with E-state index in [0.29, 0.717) is 37.6 Å². The predicted octanol–water partition coefficient (Wildman–Crippen LogP) is 6.70. The number of aromatic carboxylic acids is 1. The quantitative estimate of drug-likeness (QED) is 0.225. The Hall–Kier alpha value is -4.71. The van der Waals surface area contributed by atoms with Gasteiger partial charge in [-0.25, -0.2) is 9.18 Å². The molecule has 0 radical (unpaired) electrons. The summed E-state index contributed by atoms with van der Waals surface area (Å²) in [6.07, 6.45) is 1.61. The number of aromatic nitrogens is 2. The number of fused-ring (bicyclic) bond motifs is 1. The maximum absolute atomic E-state index is 14.3. The van der Waals surface area contributed by atoms with Crippen LogP contribution in [-0.2, 0) is 13.1 Å². The van der Waals surface area contributed by atoms with Crippen LogP contribution in [0, 0.1) is 17.1 Å². The summed E-state index contributed by atoms with van der Waals surface area (Å²) < 4.78 is 15.9. The first-order valence-electron chi connectivity index (χ1n) is 12.0. The van der Waals surface area contributed by atoms with E-state index in [1.807, 2.05) is 6.07 Å². The van der Waals surface area contributed by atoms with Gasteiger partial charge in [-0.05, 0) is 82.9 Å². The van der Waals surface area contributed by atoms with Crippen LogP contribution in [0.4, 0.5) is 4.39 Å². The molecule has 0 aliphatic rings. The van der Waals surface area contributed by atoms with Crippen LogP contribution >= 0.6 is 23.2 Å². The van der Waals surface area contributed by atoms with E-state index < -0.39 is 17.7 Å². The highest BCUT2D eigenvalue weighted by molar-refractivity contribution is 6.34. The first-order valence-corrected chi connectivity index (χ1v) is 12.7. The molecule has 0 bridgehead atoms. The van der Waals surface area contributed by atoms with Crippen LogP contribution in [0.25, 0.3) is 22.0 Å². The minimum absolute atomic E-state index is 0.140. The van der Waals surface area contributed by atoms with Crippen molar-refractivity contribution in [3.8, 4) is 17.2 Å². The van der Waals surface area contributed by atoms with E-state index in [-0.39, 0.29) is 29.8 Å². The number of halogens is 3. The van der Waals surface area contributed by atoms with Crippen LogP contribution in [0.5, 0.6) is 0 Å². The Balaban J connectivity index is 1.56. The largest absolute Gasteiger partial charge is 0.478 e. The van der Waals surface area contributed by atoms with Crippen molar-refractivity contribution in [1.29, 1.82) is 5.26 Å². The van der Waals surface area contributed by atoms with Gasteiger partial charge in [-0.15, -0.1) is 0 Å². The third-order valence-electron chi connectivity index (χ3n) is 6.25. The highest BCUT2D eigenvalue weighted by Gasteiger charge is 2.18. The van der Waals surface area contributed by atoms with Crippen molar-refractivity contribution < 1.29 is 19.1 Å². The molecule has 5 rings (SSSR count). The van der Waals surface area contributed by atoms with E-state index >= 15 is 0 Å². The molecule has 0 aliphatic carbocycles. The third-order valence-corrected chi connectivity index (χ3v) is 6.68. The van der Waals surface area contributed by atoms with E-state index in [4.69, 9.17) is 28.3 Å². The van der Waals surface area contributed by atoms with Gasteiger partial charge in [0.25, 0.3) is 5.91 Å². The Morgan fingerprint density at radius 3 is 2.33 bits per heavy atom. The van der Waals surface area contributed by atoms with Gasteiger partial charge in [-0.3, -0.25) is 9.48 Å². The Bertz CT molecular complexity index is 1810. The third kappa shape index (κ3) is 5.81. The lowest BCUT2D eigenvalue weighted by Gasteiger charge is -2.13. The molecule has 0 aliphatic heterocycles. The molecule has 0 fully saturated rings. The highest BCUT2D eigenvalue weighted by Crippen LogP contribution is 2.30. The topological polar surface area (TPSA) is 108 Å². The highest BCUT2D eigenvalue weighted by atomic mass is 35.5. The molecule has 10 heteroatoms. The lowest BCUT2D eigenvalue weighted by atomic mass is 9.98. The molecule has 1 heterocycles. The van der Waals surface area contributed by atoms with E-state index in [1.165, 1.54) is 18.2 Å². The maximum Gasteiger partial charge on any atom is 0.335 e. The average Bonchev–Trinajstić information content (AvgIpc) is 3.32. The number of nitrogens with zero attached hydrogens (tertiary/aromatic N) is 3. The Morgan fingerprint density at radius 1 is 0.950 bits per heavy atom. The minimum Gasteiger partial charge on any atom is -0.478 e. The summed E-state index contributed by atoms with van der Waals surface area (Å²) in [5, 5.41) is 27.4. The summed E-state index contributed by atoms with van der Waals surface area (Å²) in [6.45, 7) is 0.416. The molecule has 198 valence electrons. The molecule has 7 nitrogen and oxygen atoms in total. The van der Waals surface area contributed by atoms with Gasteiger partial charge in [0, 0.05) is 22.0 Å². The van der Waals surface area contributed by atoms with E-state index in [0.717, 1.165) is 11.6 Å². The number of hydrogen-bond acceptors (Lipinski definition) is 4. The summed E-state index contributed by atoms with van der Waals surface area (Å²) in [5.74, 6) is -2.03. The second kappa shape index (κ2) is 11.2. The van der Waals surface area contributed by atoms with Crippen LogP contribution < -0.4 is 5.32 Å². The summed E-state index contributed by atoms with van der Waals surface area (Å²) in [6, 6.07) is 20.6. The Labute approximate surface area is 238 Å². The molecular weight excluding hydrogens is 554 g/mol. The monoisotopic (exact) mass is 572 g/mol. The van der Waals surface area contributed by atoms with E-state index in [2.05, 4.69) is 10.4 Å². The number of amides is 1. The Morgan fingerprint density at radius 2 is 1.65 bits per heavy atom. The number of nitriles is 1. The molecule has 0 saturated carbocycles. The van der Waals surface area contributed by atoms with Crippen molar-refractivity contribution in [3.05, 3.63) is 123 Å². The zero-order chi connectivity index (χ0) is 28.4. The van der Waals surface area contributed by atoms with Crippen molar-refractivity contribution in [2.45, 2.75) is 13.1 Å². The van der Waals surface area contributed by atoms with Gasteiger partial charge in [0.2, 0.25) is 0 Å². The number of nitrogens with one attached hydrogen (secondary N) is 1. The zero-order valence-corrected chi connectivity index (χ0v) is 22.2. The normalized spacial score (nSPS) is 10.8. The van der Waals surface area contributed by atoms with Crippen molar-refractivity contribution in [2.24, 2.45) is 0 Å². The van der Waals surface area contributed by atoms with Crippen LogP contribution in [0.3, 0.4) is 0 Å². The Kier molecular flexibility index (Phi) is 7.52. The summed E-state index contributed by atoms with van der Waals surface area (Å²) >= 11 is 12.4. The number of carboxylic acids is 1. The van der Waals surface area contributed by atoms with Crippen LogP contribution in [0.15, 0.2) is 79.0 Å². The maximum atomic E-state index is 14.3. The van der Waals surface area contributed by atoms with Crippen LogP contribution in [0.1, 0.15) is 37.4 Å². The second-order valence-electron chi connectivity index (χ2n) is 9.07. The number of hydrogen-bond donors (Lipinski definition) is 2. The van der Waals surface area contributed by atoms with Gasteiger partial charge in [-0.1, -0.05) is 35.3 Å². The smallest absolute Gasteiger partial charge is 0.335 e. The number of rotatable bonds is 7. The summed E-state index contributed by atoms with van der Waals surface area (Å²) in [5.41, 5.74) is 3.56. The van der Waals surface area contributed by atoms with Gasteiger partial charge < -0.3 is 10.4 Å². The lowest BCUT2D eigenvalue weighted by Crippen LogP contribution is -2.24. The molecule has 2 N–H and O–H groups in total. The van der Waals surface area contributed by atoms with Crippen molar-refractivity contribution in [1.82, 2.24) is 15.1 Å². The van der Waals surface area contributed by atoms with Crippen molar-refractivity contribution in [3.63, 3.8) is 0 Å². The van der Waals surface area contributed by atoms with Gasteiger partial charge >= 0.3 is 5.97 Å². The average molecular weight is 573 g/mol. The van der Waals surface area contributed by atoms with E-state index in [1.54, 1.807) is 59.4 Å². The fourth-order valence-corrected chi connectivity index (χ4v) is 5.00. The minimum atomic E-state index is -1.04. The van der Waals surface area contributed by atoms with Gasteiger partial charge in [-0.2, -0.15) is 10.4 Å². The van der Waals surface area contributed by atoms with E-state index in [9.17, 15) is 19.2 Å². The van der Waals surface area contributed by atoms with Crippen LogP contribution in [-0.4, -0.2) is 26.8 Å². The first-order chi connectivity index (χ1) is 19.2. The van der Waals surface area contributed by atoms with Gasteiger partial charge in [0.1, 0.15) is 5.82 Å². The molecule has 40 heavy (non-hydrogen) atoms. The number of carbonyl (C=O) groups is 2. The fraction of sp³-hybridized carbons (Fsp3) is 0.0667. The fourth-order valence-electron chi connectivity index (χ4n) is 4.43. The summed E-state index contributed by atoms with van der Waals surface area (Å²) in [4.78, 5) is 24.7. The molecule has 1 aromatic heterocycles. The van der Waals surface area contributed by atoms with Gasteiger partial charge in [0.05, 0.1) is 41.0 Å². The lowest BCUT2D eigenvalue weighted by molar-refractivity contribution is 0.0696. The van der Waals surface area contributed by atoms with Gasteiger partial charge in [0.15, 0.2) is 0 Å². The molecular formula is C30H19Cl2FN4O3. The first kappa shape index (κ1) is 26.9. The second-order valence-corrected chi connectivity index (χ2v) is 9.94. The van der Waals surface area contributed by atoms with Crippen molar-refractivity contribution in [2.75, 3.05) is 0 Å². The molecule has 0 unspecified atom stereocenters. The van der Waals surface area contributed by atoms with Crippen LogP contribution in [0.2, 0.25) is 10.0 Å². The standard InChI is InChI=1S/C30H19Cl2FN4O3/c31-24-6-19(7-25(32)12-24)16-37-28-23(15-36-37)9-22(21-5-18(13-34)8-26(33)10-21)11-27(28)29(38)35-14-17-1-3-20(4-2-17)30(39)40/h1-12,15H,14,16H2,(H,35,38)(H,39,40). The predicted molar refractivity (Wildman–Crippen MR) is 150 cm³/mol. The molecule has 0 atom stereocenters. The molecule has 1 amide bonds. The number of carbonyl (C=O) groups excluding carboxylic acids is 1. The summed E-state index contributed by atoms with van der Waals surface area (Å²) in [7, 11) is 0. The number of benzene rings is 4. The van der Waals surface area contributed by atoms with Crippen molar-refractivity contribution >= 4 is 46.0 Å². The molecule has 5 aromatic rings.